The Morgan fingerprint density at radius 1 is 1.55 bits per heavy atom. The van der Waals surface area contributed by atoms with E-state index >= 15 is 0 Å². The third-order valence-electron chi connectivity index (χ3n) is 3.25. The highest BCUT2D eigenvalue weighted by Crippen LogP contribution is 2.15. The number of benzene rings is 1. The quantitative estimate of drug-likeness (QED) is 0.811. The van der Waals surface area contributed by atoms with Gasteiger partial charge in [0.15, 0.2) is 0 Å². The molecule has 6 heteroatoms. The van der Waals surface area contributed by atoms with Crippen LogP contribution in [0.15, 0.2) is 18.2 Å². The number of hydrogen-bond acceptors (Lipinski definition) is 3. The van der Waals surface area contributed by atoms with Gasteiger partial charge in [-0.05, 0) is 18.9 Å². The first-order valence-electron chi connectivity index (χ1n) is 6.53. The van der Waals surface area contributed by atoms with Crippen molar-refractivity contribution in [3.8, 4) is 0 Å². The molecule has 1 aromatic carbocycles. The van der Waals surface area contributed by atoms with E-state index in [0.29, 0.717) is 24.2 Å². The Kier molecular flexibility index (Phi) is 5.03. The summed E-state index contributed by atoms with van der Waals surface area (Å²) in [5.41, 5.74) is 6.31. The average molecular weight is 296 g/mol. The normalized spacial score (nSPS) is 17.9. The zero-order valence-corrected chi connectivity index (χ0v) is 11.8. The summed E-state index contributed by atoms with van der Waals surface area (Å²) in [6, 6.07) is 4.51. The monoisotopic (exact) mass is 296 g/mol. The van der Waals surface area contributed by atoms with Crippen molar-refractivity contribution in [3.63, 3.8) is 0 Å². The van der Waals surface area contributed by atoms with E-state index in [-0.39, 0.29) is 23.5 Å². The molecule has 1 aromatic rings. The number of amides is 1. The van der Waals surface area contributed by atoms with Crippen LogP contribution < -0.4 is 11.1 Å². The van der Waals surface area contributed by atoms with Crippen molar-refractivity contribution >= 4 is 23.1 Å². The number of carbonyl (C=O) groups is 1. The summed E-state index contributed by atoms with van der Waals surface area (Å²) in [5.74, 6) is -0.553. The maximum Gasteiger partial charge on any atom is 0.222 e. The Morgan fingerprint density at radius 2 is 2.35 bits per heavy atom. The van der Waals surface area contributed by atoms with Crippen LogP contribution in [0, 0.1) is 5.82 Å². The predicted octanol–water partition coefficient (Wildman–Crippen LogP) is 1.65. The molecular weight excluding hydrogens is 279 g/mol. The fourth-order valence-corrected chi connectivity index (χ4v) is 2.25. The van der Waals surface area contributed by atoms with Gasteiger partial charge in [0, 0.05) is 24.3 Å². The fraction of sp³-hybridized carbons (Fsp3) is 0.429. The van der Waals surface area contributed by atoms with Gasteiger partial charge in [0.2, 0.25) is 5.91 Å². The zero-order valence-electron chi connectivity index (χ0n) is 11.0. The highest BCUT2D eigenvalue weighted by Gasteiger charge is 2.19. The first-order valence-corrected chi connectivity index (χ1v) is 6.93. The van der Waals surface area contributed by atoms with Crippen LogP contribution in [0.25, 0.3) is 0 Å². The molecule has 0 aromatic heterocycles. The van der Waals surface area contributed by atoms with Crippen molar-refractivity contribution in [1.82, 2.24) is 5.32 Å². The molecule has 0 bridgehead atoms. The molecule has 1 aliphatic rings. The average Bonchev–Trinajstić information content (AvgIpc) is 2.90. The van der Waals surface area contributed by atoms with E-state index in [2.05, 4.69) is 5.32 Å². The van der Waals surface area contributed by atoms with Gasteiger partial charge in [0.1, 0.15) is 10.8 Å². The third-order valence-corrected chi connectivity index (χ3v) is 3.49. The molecule has 2 rings (SSSR count). The van der Waals surface area contributed by atoms with Crippen molar-refractivity contribution in [3.05, 3.63) is 35.1 Å². The highest BCUT2D eigenvalue weighted by molar-refractivity contribution is 7.80. The predicted molar refractivity (Wildman–Crippen MR) is 77.7 cm³/mol. The van der Waals surface area contributed by atoms with Crippen molar-refractivity contribution in [1.29, 1.82) is 0 Å². The summed E-state index contributed by atoms with van der Waals surface area (Å²) in [6.45, 7) is 0.863. The minimum Gasteiger partial charge on any atom is -0.389 e. The Labute approximate surface area is 122 Å². The molecule has 0 radical (unpaired) electrons. The van der Waals surface area contributed by atoms with E-state index in [4.69, 9.17) is 22.7 Å². The number of nitrogens with one attached hydrogen (secondary N) is 1. The second kappa shape index (κ2) is 6.76. The van der Waals surface area contributed by atoms with Gasteiger partial charge in [-0.2, -0.15) is 0 Å². The second-order valence-electron chi connectivity index (χ2n) is 4.79. The van der Waals surface area contributed by atoms with E-state index < -0.39 is 5.82 Å². The lowest BCUT2D eigenvalue weighted by molar-refractivity contribution is -0.123. The third kappa shape index (κ3) is 3.98. The molecule has 20 heavy (non-hydrogen) atoms. The molecule has 0 saturated carbocycles. The number of nitrogens with two attached hydrogens (primary N) is 1. The molecule has 1 unspecified atom stereocenters. The second-order valence-corrected chi connectivity index (χ2v) is 5.23. The largest absolute Gasteiger partial charge is 0.389 e. The number of hydrogen-bond donors (Lipinski definition) is 2. The molecule has 1 heterocycles. The van der Waals surface area contributed by atoms with Crippen LogP contribution in [-0.4, -0.2) is 23.6 Å². The van der Waals surface area contributed by atoms with Gasteiger partial charge >= 0.3 is 0 Å². The van der Waals surface area contributed by atoms with Crippen molar-refractivity contribution in [2.45, 2.75) is 31.9 Å². The summed E-state index contributed by atoms with van der Waals surface area (Å²) in [5, 5.41) is 2.69. The van der Waals surface area contributed by atoms with E-state index in [1.807, 2.05) is 0 Å². The van der Waals surface area contributed by atoms with Crippen molar-refractivity contribution in [2.75, 3.05) is 6.61 Å². The number of thiocarbonyl (C=S) groups is 1. The molecule has 1 saturated heterocycles. The lowest BCUT2D eigenvalue weighted by Crippen LogP contribution is -2.27. The molecule has 1 atom stereocenters. The first kappa shape index (κ1) is 14.9. The lowest BCUT2D eigenvalue weighted by atomic mass is 10.1. The highest BCUT2D eigenvalue weighted by atomic mass is 32.1. The minimum atomic E-state index is -0.423. The molecule has 0 aliphatic carbocycles. The smallest absolute Gasteiger partial charge is 0.222 e. The topological polar surface area (TPSA) is 64.3 Å². The Bertz CT molecular complexity index is 516. The van der Waals surface area contributed by atoms with Gasteiger partial charge < -0.3 is 15.8 Å². The van der Waals surface area contributed by atoms with Gasteiger partial charge in [-0.3, -0.25) is 4.79 Å². The number of ether oxygens (including phenoxy) is 1. The van der Waals surface area contributed by atoms with Crippen LogP contribution in [0.4, 0.5) is 4.39 Å². The Hall–Kier alpha value is -1.53. The molecule has 4 nitrogen and oxygen atoms in total. The van der Waals surface area contributed by atoms with Crippen LogP contribution >= 0.6 is 12.2 Å². The van der Waals surface area contributed by atoms with Gasteiger partial charge in [-0.15, -0.1) is 0 Å². The van der Waals surface area contributed by atoms with Gasteiger partial charge in [-0.25, -0.2) is 4.39 Å². The van der Waals surface area contributed by atoms with Gasteiger partial charge in [0.05, 0.1) is 12.5 Å². The SMILES string of the molecule is NC(=S)c1ccc(CNC(=O)CC2CCCO2)c(F)c1. The van der Waals surface area contributed by atoms with E-state index in [0.717, 1.165) is 12.8 Å². The minimum absolute atomic E-state index is 0.00293. The number of halogens is 1. The van der Waals surface area contributed by atoms with Crippen LogP contribution in [0.1, 0.15) is 30.4 Å². The van der Waals surface area contributed by atoms with Crippen molar-refractivity contribution in [2.24, 2.45) is 5.73 Å². The standard InChI is InChI=1S/C14H17FN2O2S/c15-12-6-9(14(16)20)3-4-10(12)8-17-13(18)7-11-2-1-5-19-11/h3-4,6,11H,1-2,5,7-8H2,(H2,16,20)(H,17,18). The Balaban J connectivity index is 1.86. The summed E-state index contributed by atoms with van der Waals surface area (Å²) in [6.07, 6.45) is 2.22. The van der Waals surface area contributed by atoms with Crippen molar-refractivity contribution < 1.29 is 13.9 Å². The summed E-state index contributed by atoms with van der Waals surface area (Å²) in [7, 11) is 0. The van der Waals surface area contributed by atoms with Crippen LogP contribution in [-0.2, 0) is 16.1 Å². The first-order chi connectivity index (χ1) is 9.56. The molecule has 1 amide bonds. The fourth-order valence-electron chi connectivity index (χ4n) is 2.12. The molecule has 1 aliphatic heterocycles. The van der Waals surface area contributed by atoms with E-state index in [9.17, 15) is 9.18 Å². The van der Waals surface area contributed by atoms with Crippen LogP contribution in [0.3, 0.4) is 0 Å². The van der Waals surface area contributed by atoms with Crippen LogP contribution in [0.2, 0.25) is 0 Å². The maximum absolute atomic E-state index is 13.8. The summed E-state index contributed by atoms with van der Waals surface area (Å²) >= 11 is 4.78. The molecule has 3 N–H and O–H groups in total. The molecule has 0 spiro atoms. The maximum atomic E-state index is 13.8. The lowest BCUT2D eigenvalue weighted by Gasteiger charge is -2.10. The molecule has 108 valence electrons. The van der Waals surface area contributed by atoms with E-state index in [1.54, 1.807) is 12.1 Å². The molecular formula is C14H17FN2O2S. The van der Waals surface area contributed by atoms with E-state index in [1.165, 1.54) is 6.07 Å². The number of carbonyl (C=O) groups excluding carboxylic acids is 1. The van der Waals surface area contributed by atoms with Gasteiger partial charge in [0.25, 0.3) is 0 Å². The molecule has 1 fully saturated rings. The summed E-state index contributed by atoms with van der Waals surface area (Å²) in [4.78, 5) is 11.9. The summed E-state index contributed by atoms with van der Waals surface area (Å²) < 4.78 is 19.2. The van der Waals surface area contributed by atoms with Gasteiger partial charge in [-0.1, -0.05) is 24.4 Å². The number of rotatable bonds is 5. The Morgan fingerprint density at radius 3 is 2.95 bits per heavy atom. The zero-order chi connectivity index (χ0) is 14.5. The van der Waals surface area contributed by atoms with Crippen LogP contribution in [0.5, 0.6) is 0 Å².